The largest absolute Gasteiger partial charge is 0.508 e. The number of amides is 8. The lowest BCUT2D eigenvalue weighted by molar-refractivity contribution is -0.331. The van der Waals surface area contributed by atoms with Crippen LogP contribution in [0.25, 0.3) is 32.7 Å². The quantitative estimate of drug-likeness (QED) is 0.0168. The zero-order chi connectivity index (χ0) is 89.0. The van der Waals surface area contributed by atoms with Crippen molar-refractivity contribution >= 4 is 82.1 Å². The SMILES string of the molecule is CN[C@H](CC(C)C)C(=O)N[C@H]1C(=O)N[C@@H](CC(N)=O)C(=O)N[C@H](C)C(=O)NC2C(=O)N[C@@H](C(=O)N[C@H](C(=O)NCCCCN)c3cc(O)cc(O)c3-c3cc2ccc3O)[C@H](O)c2ccc(c(Cl)c2)Oc2cccc(c2OC2OC(CN=[N+]=[N-])C(O)C(O)C2OC2CC(C)(NCc3ccc(-c4ccc(Cl)cc4)cc3)C(O)C(C)O2)Oc2ccc(cc2Cl)[C@H]1O. The maximum absolute atomic E-state index is 15.4. The molecule has 8 amide bonds. The lowest BCUT2D eigenvalue weighted by Gasteiger charge is -2.48. The average molecular weight is 1760 g/mol. The normalized spacial score (nSPS) is 26.0. The molecular formula is C84H97Cl3N14O22. The molecule has 13 rings (SSSR count). The molecule has 0 radical (unpaired) electrons. The lowest BCUT2D eigenvalue weighted by atomic mass is 9.84. The van der Waals surface area contributed by atoms with E-state index in [1.807, 2.05) is 50.2 Å². The highest BCUT2D eigenvalue weighted by Crippen LogP contribution is 2.49. The van der Waals surface area contributed by atoms with Gasteiger partial charge in [0.25, 0.3) is 0 Å². The second-order valence-electron chi connectivity index (χ2n) is 30.9. The summed E-state index contributed by atoms with van der Waals surface area (Å²) in [5, 5.41) is 123. The Balaban J connectivity index is 1.03. The number of carbonyl (C=O) groups excluding carboxylic acids is 8. The number of likely N-dealkylation sites (N-methyl/N-ethyl adjacent to an activating group) is 1. The minimum atomic E-state index is -2.26. The van der Waals surface area contributed by atoms with Crippen LogP contribution in [-0.4, -0.2) is 200 Å². The lowest BCUT2D eigenvalue weighted by Crippen LogP contribution is -2.65. The highest BCUT2D eigenvalue weighted by molar-refractivity contribution is 6.32. The number of fused-ring (bicyclic) bond motifs is 6. The Bertz CT molecular complexity index is 5090. The van der Waals surface area contributed by atoms with E-state index in [4.69, 9.17) is 74.7 Å². The Labute approximate surface area is 720 Å². The van der Waals surface area contributed by atoms with Gasteiger partial charge in [0.2, 0.25) is 59.3 Å². The van der Waals surface area contributed by atoms with Crippen molar-refractivity contribution in [2.24, 2.45) is 22.5 Å². The molecule has 6 aliphatic heterocycles. The van der Waals surface area contributed by atoms with E-state index < -0.39 is 198 Å². The zero-order valence-electron chi connectivity index (χ0n) is 67.4. The highest BCUT2D eigenvalue weighted by atomic mass is 35.5. The van der Waals surface area contributed by atoms with Gasteiger partial charge in [0.15, 0.2) is 23.9 Å². The standard InChI is InChI=1S/C84H97Cl3N14O22/c1-38(2)28-53(91-6)77(112)99-67-69(106)45-19-24-57(51(86)30-45)119-59-10-9-11-60(73(59)123-83-74(72(109)71(108)61(121-83)37-94-101-90)122-63-35-84(5,75(110)40(4)118-63)93-36-41-12-14-42(15-13-41)43-16-21-47(85)22-17-43)120-58-25-20-46(31-52(58)87)70(107)68-82(117)98-66(79(114)92-27-8-7-26-88)50-32-48(102)33-56(104)64(50)49-29-44(18-23-55(49)103)65(80(115)100-68)97-76(111)39(3)95-78(113)54(34-62(89)105)96-81(67)116/h9-25,29-33,38-40,53-54,61,63,65-72,74-75,83,91,93,102-104,106-110H,7-8,26-28,34-37,88H2,1-6H3,(H2,89,105)(H,92,114)(H,95,113)(H,96,116)(H,97,111)(H,98,117)(H,99,112)(H,100,115)/t39-,40?,53-,54+,61?,63?,65?,66+,67-,68-,69-,70-,71?,72?,74?,75?,83?,84?/m1/s1. The predicted octanol–water partition coefficient (Wildman–Crippen LogP) is 5.68. The minimum Gasteiger partial charge on any atom is -0.508 e. The van der Waals surface area contributed by atoms with E-state index in [0.717, 1.165) is 66.1 Å². The number of nitrogens with zero attached hydrogens (tertiary/aromatic N) is 3. The summed E-state index contributed by atoms with van der Waals surface area (Å²) in [5.74, 6) is -13.1. The summed E-state index contributed by atoms with van der Waals surface area (Å²) in [6.45, 7) is 7.95. The number of rotatable bonds is 22. The van der Waals surface area contributed by atoms with Crippen LogP contribution in [0.15, 0.2) is 139 Å². The van der Waals surface area contributed by atoms with Crippen LogP contribution in [0, 0.1) is 5.92 Å². The number of nitrogens with two attached hydrogens (primary N) is 2. The molecule has 2 fully saturated rings. The number of unbranched alkanes of at least 4 members (excludes halogenated alkanes) is 1. The van der Waals surface area contributed by atoms with E-state index in [9.17, 15) is 75.2 Å². The van der Waals surface area contributed by atoms with Gasteiger partial charge in [-0.1, -0.05) is 114 Å². The average Bonchev–Trinajstić information content (AvgIpc) is 0.761. The van der Waals surface area contributed by atoms with Gasteiger partial charge in [-0.15, -0.1) is 0 Å². The van der Waals surface area contributed by atoms with Gasteiger partial charge in [0, 0.05) is 52.2 Å². The number of nitrogens with one attached hydrogen (secondary N) is 9. The number of benzene rings is 7. The van der Waals surface area contributed by atoms with Gasteiger partial charge in [0.05, 0.1) is 47.4 Å². The molecule has 0 spiro atoms. The van der Waals surface area contributed by atoms with Gasteiger partial charge in [-0.05, 0) is 171 Å². The van der Waals surface area contributed by atoms with Crippen LogP contribution in [0.3, 0.4) is 0 Å². The number of ether oxygens (including phenoxy) is 6. The first-order valence-electron chi connectivity index (χ1n) is 39.4. The monoisotopic (exact) mass is 1760 g/mol. The summed E-state index contributed by atoms with van der Waals surface area (Å²) in [7, 11) is 1.48. The number of azide groups is 1. The Hall–Kier alpha value is -11.2. The smallest absolute Gasteiger partial charge is 0.247 e. The van der Waals surface area contributed by atoms with Gasteiger partial charge < -0.3 is 129 Å². The number of para-hydroxylation sites is 1. The fraction of sp³-hybridized carbons (Fsp3) is 0.405. The maximum Gasteiger partial charge on any atom is 0.247 e. The van der Waals surface area contributed by atoms with E-state index in [-0.39, 0.29) is 99.3 Å². The molecule has 21 N–H and O–H groups in total. The van der Waals surface area contributed by atoms with Crippen molar-refractivity contribution in [2.45, 2.75) is 183 Å². The second kappa shape index (κ2) is 40.9. The molecule has 10 bridgehead atoms. The first-order valence-corrected chi connectivity index (χ1v) is 40.6. The minimum absolute atomic E-state index is 0.0336. The molecular weight excluding hydrogens is 1660 g/mol. The van der Waals surface area contributed by atoms with Crippen LogP contribution in [0.1, 0.15) is 119 Å². The number of carbonyl (C=O) groups is 8. The Morgan fingerprint density at radius 3 is 1.97 bits per heavy atom. The number of hydrogen-bond donors (Lipinski definition) is 19. The van der Waals surface area contributed by atoms with Gasteiger partial charge in [-0.2, -0.15) is 0 Å². The van der Waals surface area contributed by atoms with Crippen molar-refractivity contribution in [3.05, 3.63) is 187 Å². The molecule has 7 aromatic carbocycles. The van der Waals surface area contributed by atoms with Gasteiger partial charge >= 0.3 is 0 Å². The Kier molecular flexibility index (Phi) is 30.8. The molecule has 2 saturated heterocycles. The summed E-state index contributed by atoms with van der Waals surface area (Å²) in [6.07, 6.45) is -17.0. The van der Waals surface area contributed by atoms with Crippen molar-refractivity contribution < 1.29 is 108 Å². The van der Waals surface area contributed by atoms with E-state index in [1.54, 1.807) is 26.0 Å². The molecule has 123 heavy (non-hydrogen) atoms. The fourth-order valence-electron chi connectivity index (χ4n) is 14.7. The molecule has 18 atom stereocenters. The summed E-state index contributed by atoms with van der Waals surface area (Å²) in [6, 6.07) is 18.5. The molecule has 6 heterocycles. The molecule has 0 aromatic heterocycles. The maximum atomic E-state index is 15.4. The van der Waals surface area contributed by atoms with Gasteiger partial charge in [0.1, 0.15) is 89.4 Å². The van der Waals surface area contributed by atoms with Crippen LogP contribution in [-0.2, 0) is 59.1 Å². The fourth-order valence-corrected chi connectivity index (χ4v) is 15.3. The van der Waals surface area contributed by atoms with E-state index in [2.05, 4.69) is 57.9 Å². The number of primary amides is 1. The van der Waals surface area contributed by atoms with Crippen molar-refractivity contribution in [3.8, 4) is 68.2 Å². The summed E-state index contributed by atoms with van der Waals surface area (Å²) in [5.41, 5.74) is 20.7. The molecule has 36 nitrogen and oxygen atoms in total. The van der Waals surface area contributed by atoms with Crippen LogP contribution >= 0.6 is 34.8 Å². The molecule has 6 aliphatic rings. The molecule has 39 heteroatoms. The Morgan fingerprint density at radius 2 is 1.35 bits per heavy atom. The van der Waals surface area contributed by atoms with Gasteiger partial charge in [-0.25, -0.2) is 0 Å². The van der Waals surface area contributed by atoms with E-state index in [1.165, 1.54) is 49.5 Å². The van der Waals surface area contributed by atoms with Crippen LogP contribution in [0.5, 0.6) is 46.0 Å². The summed E-state index contributed by atoms with van der Waals surface area (Å²) < 4.78 is 39.3. The van der Waals surface area contributed by atoms with Gasteiger partial charge in [-0.3, -0.25) is 38.4 Å². The number of aromatic hydroxyl groups is 3. The number of phenolic OH excluding ortho intramolecular Hbond substituents is 3. The van der Waals surface area contributed by atoms with E-state index in [0.29, 0.717) is 17.9 Å². The summed E-state index contributed by atoms with van der Waals surface area (Å²) >= 11 is 20.5. The molecule has 0 saturated carbocycles. The third kappa shape index (κ3) is 22.3. The van der Waals surface area contributed by atoms with Crippen LogP contribution in [0.4, 0.5) is 0 Å². The topological polar surface area (TPSA) is 563 Å². The second-order valence-corrected chi connectivity index (χ2v) is 32.1. The first-order chi connectivity index (χ1) is 58.6. The molecule has 656 valence electrons. The summed E-state index contributed by atoms with van der Waals surface area (Å²) in [4.78, 5) is 120. The Morgan fingerprint density at radius 1 is 0.707 bits per heavy atom. The molecule has 7 aromatic rings. The zero-order valence-corrected chi connectivity index (χ0v) is 69.6. The number of phenols is 3. The number of aliphatic hydroxyl groups excluding tert-OH is 5. The number of halogens is 3. The number of hydrogen-bond acceptors (Lipinski definition) is 26. The highest BCUT2D eigenvalue weighted by Gasteiger charge is 2.52. The van der Waals surface area contributed by atoms with E-state index >= 15 is 9.59 Å². The first kappa shape index (κ1) is 92.6. The van der Waals surface area contributed by atoms with Crippen molar-refractivity contribution in [3.63, 3.8) is 0 Å². The number of aliphatic hydroxyl groups is 5. The molecule has 0 aliphatic carbocycles. The van der Waals surface area contributed by atoms with Crippen molar-refractivity contribution in [1.82, 2.24) is 47.9 Å². The molecule has 10 unspecified atom stereocenters. The van der Waals surface area contributed by atoms with Crippen molar-refractivity contribution in [2.75, 3.05) is 26.7 Å². The van der Waals surface area contributed by atoms with Crippen molar-refractivity contribution in [1.29, 1.82) is 0 Å². The predicted molar refractivity (Wildman–Crippen MR) is 446 cm³/mol. The van der Waals surface area contributed by atoms with Crippen LogP contribution < -0.4 is 73.5 Å². The van der Waals surface area contributed by atoms with Crippen LogP contribution in [0.2, 0.25) is 15.1 Å². The third-order valence-corrected chi connectivity index (χ3v) is 22.3. The third-order valence-electron chi connectivity index (χ3n) is 21.4.